The van der Waals surface area contributed by atoms with Crippen LogP contribution in [-0.4, -0.2) is 55.1 Å². The van der Waals surface area contributed by atoms with Gasteiger partial charge < -0.3 is 20.1 Å². The topological polar surface area (TPSA) is 101 Å². The summed E-state index contributed by atoms with van der Waals surface area (Å²) in [5, 5.41) is 0. The normalized spacial score (nSPS) is 13.0. The molecule has 3 N–H and O–H groups in total. The van der Waals surface area contributed by atoms with Crippen molar-refractivity contribution in [3.63, 3.8) is 0 Å². The van der Waals surface area contributed by atoms with Crippen molar-refractivity contribution in [3.05, 3.63) is 35.9 Å². The Morgan fingerprint density at radius 1 is 0.537 bits per heavy atom. The summed E-state index contributed by atoms with van der Waals surface area (Å²) >= 11 is 0. The third-order valence-corrected chi connectivity index (χ3v) is 11.0. The van der Waals surface area contributed by atoms with E-state index < -0.39 is 0 Å². The fourth-order valence-corrected chi connectivity index (χ4v) is 7.38. The lowest BCUT2D eigenvalue weighted by molar-refractivity contribution is -0.420. The molecule has 0 saturated carbocycles. The van der Waals surface area contributed by atoms with Gasteiger partial charge in [-0.2, -0.15) is 0 Å². The van der Waals surface area contributed by atoms with Crippen LogP contribution in [0.5, 0.6) is 0 Å². The van der Waals surface area contributed by atoms with E-state index in [2.05, 4.69) is 45.6 Å². The number of ether oxygens (including phenoxy) is 2. The molecule has 3 atom stereocenters. The molecule has 0 spiro atoms. The van der Waals surface area contributed by atoms with Crippen LogP contribution in [0, 0.1) is 11.8 Å². The Labute approximate surface area is 332 Å². The highest BCUT2D eigenvalue weighted by molar-refractivity contribution is 5.76. The second-order valence-corrected chi connectivity index (χ2v) is 16.0. The minimum Gasteiger partial charge on any atom is -0.464 e. The number of esters is 2. The van der Waals surface area contributed by atoms with Gasteiger partial charge in [-0.1, -0.05) is 186 Å². The molecule has 7 nitrogen and oxygen atoms in total. The first-order valence-corrected chi connectivity index (χ1v) is 22.8. The first-order valence-electron chi connectivity index (χ1n) is 22.8. The van der Waals surface area contributed by atoms with Crippen LogP contribution in [0.1, 0.15) is 200 Å². The van der Waals surface area contributed by atoms with E-state index in [1.807, 2.05) is 18.2 Å². The van der Waals surface area contributed by atoms with Crippen molar-refractivity contribution in [2.75, 3.05) is 26.3 Å². The van der Waals surface area contributed by atoms with E-state index in [1.165, 1.54) is 82.6 Å². The first kappa shape index (κ1) is 49.6. The second-order valence-electron chi connectivity index (χ2n) is 16.0. The van der Waals surface area contributed by atoms with Gasteiger partial charge in [0.05, 0.1) is 31.0 Å². The standard InChI is InChI=1S/C47H84N2O5/c1-5-9-13-17-19-26-32-42(30-24-15-11-7-3)46(51)53-38-36-49(45(50)35-34-44(48)40-41-28-22-21-23-29-41)37-39-54-47(52)43(31-25-16-12-8-4)33-27-20-18-14-10-6-2/h21-23,28-29,42-44H,5-20,24-27,30-40,48H2,1-4H3/p+1. The fraction of sp³-hybridized carbons (Fsp3) is 0.809. The molecule has 312 valence electrons. The van der Waals surface area contributed by atoms with Crippen LogP contribution < -0.4 is 5.73 Å². The highest BCUT2D eigenvalue weighted by Crippen LogP contribution is 2.22. The summed E-state index contributed by atoms with van der Waals surface area (Å²) in [4.78, 5) is 42.1. The lowest BCUT2D eigenvalue weighted by Crippen LogP contribution is -2.62. The van der Waals surface area contributed by atoms with Crippen molar-refractivity contribution in [2.45, 2.75) is 207 Å². The fourth-order valence-electron chi connectivity index (χ4n) is 7.38. The van der Waals surface area contributed by atoms with Crippen LogP contribution in [0.25, 0.3) is 0 Å². The van der Waals surface area contributed by atoms with Gasteiger partial charge in [0, 0.05) is 19.3 Å². The molecule has 0 radical (unpaired) electrons. The van der Waals surface area contributed by atoms with E-state index in [1.54, 1.807) is 4.90 Å². The Morgan fingerprint density at radius 2 is 0.907 bits per heavy atom. The minimum absolute atomic E-state index is 0.00445. The Kier molecular flexibility index (Phi) is 32.2. The molecule has 0 aliphatic rings. The highest BCUT2D eigenvalue weighted by atomic mass is 16.5. The van der Waals surface area contributed by atoms with Crippen molar-refractivity contribution in [1.82, 2.24) is 4.90 Å². The van der Waals surface area contributed by atoms with E-state index in [-0.39, 0.29) is 48.9 Å². The number of carbonyl (C=O) groups excluding carboxylic acids is 3. The summed E-state index contributed by atoms with van der Waals surface area (Å²) in [7, 11) is 0. The first-order chi connectivity index (χ1) is 26.4. The van der Waals surface area contributed by atoms with Gasteiger partial charge in [0.15, 0.2) is 0 Å². The van der Waals surface area contributed by atoms with Crippen LogP contribution in [0.2, 0.25) is 0 Å². The van der Waals surface area contributed by atoms with Crippen LogP contribution in [0.3, 0.4) is 0 Å². The number of hydrogen-bond donors (Lipinski definition) is 1. The molecular formula is C47H85N2O5+. The number of nitrogens with zero attached hydrogens (tertiary/aromatic N) is 1. The van der Waals surface area contributed by atoms with Gasteiger partial charge >= 0.3 is 11.9 Å². The van der Waals surface area contributed by atoms with Crippen molar-refractivity contribution in [2.24, 2.45) is 11.8 Å². The number of quaternary nitrogens is 1. The maximum Gasteiger partial charge on any atom is 0.308 e. The summed E-state index contributed by atoms with van der Waals surface area (Å²) in [6, 6.07) is 10.4. The highest BCUT2D eigenvalue weighted by Gasteiger charge is 2.23. The van der Waals surface area contributed by atoms with Gasteiger partial charge in [0.25, 0.3) is 0 Å². The zero-order valence-corrected chi connectivity index (χ0v) is 35.7. The van der Waals surface area contributed by atoms with Crippen LogP contribution in [0.4, 0.5) is 0 Å². The van der Waals surface area contributed by atoms with Crippen molar-refractivity contribution in [3.8, 4) is 0 Å². The molecule has 1 aromatic carbocycles. The third-order valence-electron chi connectivity index (χ3n) is 11.0. The van der Waals surface area contributed by atoms with Crippen LogP contribution in [-0.2, 0) is 30.3 Å². The molecule has 0 aliphatic heterocycles. The zero-order valence-electron chi connectivity index (χ0n) is 35.7. The summed E-state index contributed by atoms with van der Waals surface area (Å²) < 4.78 is 11.8. The molecule has 0 heterocycles. The molecule has 0 saturated heterocycles. The molecule has 0 fully saturated rings. The molecule has 1 aromatic rings. The Bertz CT molecular complexity index is 984. The molecule has 0 aromatic heterocycles. The Hall–Kier alpha value is -2.41. The molecule has 0 bridgehead atoms. The third kappa shape index (κ3) is 26.4. The molecule has 1 amide bonds. The van der Waals surface area contributed by atoms with Gasteiger partial charge in [-0.3, -0.25) is 14.4 Å². The minimum atomic E-state index is -0.125. The summed E-state index contributed by atoms with van der Waals surface area (Å²) in [6.45, 7) is 9.82. The predicted molar refractivity (Wildman–Crippen MR) is 225 cm³/mol. The van der Waals surface area contributed by atoms with Gasteiger partial charge in [-0.05, 0) is 31.2 Å². The molecule has 54 heavy (non-hydrogen) atoms. The van der Waals surface area contributed by atoms with Gasteiger partial charge in [0.2, 0.25) is 5.91 Å². The average molecular weight is 758 g/mol. The molecular weight excluding hydrogens is 673 g/mol. The van der Waals surface area contributed by atoms with Crippen molar-refractivity contribution < 1.29 is 29.6 Å². The zero-order chi connectivity index (χ0) is 39.5. The van der Waals surface area contributed by atoms with E-state index in [0.29, 0.717) is 25.9 Å². The number of carbonyl (C=O) groups is 3. The Balaban J connectivity index is 2.84. The largest absolute Gasteiger partial charge is 0.464 e. The monoisotopic (exact) mass is 758 g/mol. The number of hydrogen-bond acceptors (Lipinski definition) is 5. The van der Waals surface area contributed by atoms with Gasteiger partial charge in [-0.25, -0.2) is 0 Å². The van der Waals surface area contributed by atoms with E-state index >= 15 is 0 Å². The smallest absolute Gasteiger partial charge is 0.308 e. The SMILES string of the molecule is CCCCCCCCC(CCCCCC)C(=O)OCCN(CCOC(=O)C(CCCCCC)CCCCCCCC)C(=O)CCC([NH3+])Cc1ccccc1. The summed E-state index contributed by atoms with van der Waals surface area (Å²) in [6.07, 6.45) is 28.9. The van der Waals surface area contributed by atoms with E-state index in [9.17, 15) is 14.4 Å². The summed E-state index contributed by atoms with van der Waals surface area (Å²) in [5.74, 6) is -0.413. The summed E-state index contributed by atoms with van der Waals surface area (Å²) in [5.41, 5.74) is 5.55. The number of amides is 1. The van der Waals surface area contributed by atoms with E-state index in [4.69, 9.17) is 9.47 Å². The van der Waals surface area contributed by atoms with Crippen LogP contribution >= 0.6 is 0 Å². The molecule has 1 rings (SSSR count). The van der Waals surface area contributed by atoms with Crippen molar-refractivity contribution in [1.29, 1.82) is 0 Å². The number of benzene rings is 1. The van der Waals surface area contributed by atoms with Gasteiger partial charge in [-0.15, -0.1) is 0 Å². The molecule has 0 aliphatic carbocycles. The predicted octanol–water partition coefficient (Wildman–Crippen LogP) is 11.2. The lowest BCUT2D eigenvalue weighted by Gasteiger charge is -2.24. The maximum atomic E-state index is 13.6. The van der Waals surface area contributed by atoms with E-state index in [0.717, 1.165) is 83.5 Å². The quantitative estimate of drug-likeness (QED) is 0.0538. The van der Waals surface area contributed by atoms with Crippen molar-refractivity contribution >= 4 is 17.8 Å². The molecule has 7 heteroatoms. The number of unbranched alkanes of at least 4 members (excludes halogenated alkanes) is 16. The average Bonchev–Trinajstić information content (AvgIpc) is 3.17. The number of rotatable bonds is 37. The molecule has 3 unspecified atom stereocenters. The lowest BCUT2D eigenvalue weighted by atomic mass is 9.94. The second kappa shape index (κ2) is 35.0. The maximum absolute atomic E-state index is 13.6. The Morgan fingerprint density at radius 3 is 1.31 bits per heavy atom. The van der Waals surface area contributed by atoms with Gasteiger partial charge in [0.1, 0.15) is 13.2 Å². The van der Waals surface area contributed by atoms with Crippen LogP contribution in [0.15, 0.2) is 30.3 Å².